The summed E-state index contributed by atoms with van der Waals surface area (Å²) in [5.41, 5.74) is 0.368. The molecule has 1 aliphatic rings. The summed E-state index contributed by atoms with van der Waals surface area (Å²) in [5.74, 6) is 0.494. The third-order valence-electron chi connectivity index (χ3n) is 9.07. The minimum atomic E-state index is -1.42. The maximum Gasteiger partial charge on any atom is 0.280 e. The number of benzene rings is 3. The number of aliphatic hydroxyl groups is 2. The van der Waals surface area contributed by atoms with Crippen LogP contribution in [0.5, 0.6) is 11.5 Å². The van der Waals surface area contributed by atoms with Crippen LogP contribution in [0.4, 0.5) is 5.95 Å². The Morgan fingerprint density at radius 1 is 0.939 bits per heavy atom. The number of carbonyl (C=O) groups is 1. The zero-order valence-electron chi connectivity index (χ0n) is 27.7. The highest BCUT2D eigenvalue weighted by Crippen LogP contribution is 2.48. The number of rotatable bonds is 11. The van der Waals surface area contributed by atoms with E-state index in [1.165, 1.54) is 18.0 Å². The largest absolute Gasteiger partial charge is 0.497 e. The molecule has 49 heavy (non-hydrogen) atoms. The molecule has 13 heteroatoms. The quantitative estimate of drug-likeness (QED) is 0.153. The zero-order chi connectivity index (χ0) is 34.9. The number of anilines is 1. The number of fused-ring (bicyclic) bond motifs is 1. The molecular weight excluding hydrogens is 630 g/mol. The zero-order valence-corrected chi connectivity index (χ0v) is 27.7. The average molecular weight is 670 g/mol. The summed E-state index contributed by atoms with van der Waals surface area (Å²) < 4.78 is 24.7. The summed E-state index contributed by atoms with van der Waals surface area (Å²) in [5, 5.41) is 27.3. The van der Waals surface area contributed by atoms with Crippen LogP contribution in [0.25, 0.3) is 11.2 Å². The predicted octanol–water partition coefficient (Wildman–Crippen LogP) is 3.40. The fourth-order valence-electron chi connectivity index (χ4n) is 6.52. The van der Waals surface area contributed by atoms with E-state index in [1.807, 2.05) is 78.9 Å². The number of aromatic amines is 1. The average Bonchev–Trinajstić information content (AvgIpc) is 3.70. The summed E-state index contributed by atoms with van der Waals surface area (Å²) >= 11 is 0. The third-order valence-corrected chi connectivity index (χ3v) is 9.07. The van der Waals surface area contributed by atoms with Crippen molar-refractivity contribution in [2.75, 3.05) is 26.6 Å². The number of methoxy groups -OCH3 is 3. The monoisotopic (exact) mass is 669 g/mol. The predicted molar refractivity (Wildman–Crippen MR) is 181 cm³/mol. The van der Waals surface area contributed by atoms with E-state index in [2.05, 4.69) is 20.3 Å². The van der Waals surface area contributed by atoms with Crippen molar-refractivity contribution in [3.63, 3.8) is 0 Å². The Morgan fingerprint density at radius 3 is 2.04 bits per heavy atom. The molecule has 3 heterocycles. The Labute approximate surface area is 282 Å². The van der Waals surface area contributed by atoms with E-state index >= 15 is 0 Å². The SMILES string of the molecule is COc1ccc(C(c2ccccc2)(c2ccc(OC)cc2)C(O)[C@H]2O[C@@H](n3cnc4c(=O)[nH]c(NC(=O)C(C)C)nc43)[C@H](OC)[C@@H]2O)cc1. The number of hydrogen-bond acceptors (Lipinski definition) is 10. The molecule has 0 radical (unpaired) electrons. The van der Waals surface area contributed by atoms with Crippen LogP contribution in [0.2, 0.25) is 0 Å². The van der Waals surface area contributed by atoms with E-state index in [9.17, 15) is 19.8 Å². The van der Waals surface area contributed by atoms with E-state index in [-0.39, 0.29) is 28.9 Å². The molecule has 3 aromatic carbocycles. The van der Waals surface area contributed by atoms with Gasteiger partial charge in [0.25, 0.3) is 5.56 Å². The van der Waals surface area contributed by atoms with Crippen molar-refractivity contribution in [2.24, 2.45) is 5.92 Å². The maximum atomic E-state index is 13.0. The van der Waals surface area contributed by atoms with E-state index in [0.717, 1.165) is 5.56 Å². The highest BCUT2D eigenvalue weighted by molar-refractivity contribution is 5.91. The van der Waals surface area contributed by atoms with Crippen molar-refractivity contribution in [1.29, 1.82) is 0 Å². The lowest BCUT2D eigenvalue weighted by molar-refractivity contribution is -0.118. The fraction of sp³-hybridized carbons (Fsp3) is 0.333. The van der Waals surface area contributed by atoms with Crippen LogP contribution in [0, 0.1) is 5.92 Å². The number of nitrogens with one attached hydrogen (secondary N) is 2. The van der Waals surface area contributed by atoms with Crippen LogP contribution >= 0.6 is 0 Å². The molecule has 1 unspecified atom stereocenters. The highest BCUT2D eigenvalue weighted by atomic mass is 16.6. The molecule has 0 saturated carbocycles. The topological polar surface area (TPSA) is 170 Å². The molecule has 13 nitrogen and oxygen atoms in total. The van der Waals surface area contributed by atoms with E-state index in [0.29, 0.717) is 22.6 Å². The standard InChI is InChI=1S/C36H39N5O8/c1-20(2)32(44)39-35-38-31-26(33(45)40-35)37-19-41(31)34-29(48-5)27(42)28(49-34)30(43)36(21-9-7-6-8-10-21,22-11-15-24(46-3)16-12-22)23-13-17-25(47-4)18-14-23/h6-20,27-30,34,42-43H,1-5H3,(H2,38,39,40,44,45)/t27-,28+,29-,30?,34-/m1/s1. The Balaban J connectivity index is 1.49. The second-order valence-electron chi connectivity index (χ2n) is 12.1. The first-order chi connectivity index (χ1) is 23.6. The molecular formula is C36H39N5O8. The first-order valence-electron chi connectivity index (χ1n) is 15.8. The van der Waals surface area contributed by atoms with Gasteiger partial charge < -0.3 is 29.2 Å². The van der Waals surface area contributed by atoms with E-state index in [4.69, 9.17) is 18.9 Å². The first-order valence-corrected chi connectivity index (χ1v) is 15.8. The van der Waals surface area contributed by atoms with E-state index in [1.54, 1.807) is 28.1 Å². The number of nitrogens with zero attached hydrogens (tertiary/aromatic N) is 3. The molecule has 1 amide bonds. The third kappa shape index (κ3) is 5.95. The molecule has 0 spiro atoms. The van der Waals surface area contributed by atoms with Gasteiger partial charge in [0.1, 0.15) is 35.9 Å². The van der Waals surface area contributed by atoms with Gasteiger partial charge >= 0.3 is 0 Å². The summed E-state index contributed by atoms with van der Waals surface area (Å²) in [6.45, 7) is 3.43. The molecule has 4 N–H and O–H groups in total. The van der Waals surface area contributed by atoms with Gasteiger partial charge in [-0.1, -0.05) is 68.4 Å². The van der Waals surface area contributed by atoms with Crippen LogP contribution in [0.1, 0.15) is 36.8 Å². The van der Waals surface area contributed by atoms with Crippen molar-refractivity contribution >= 4 is 23.0 Å². The van der Waals surface area contributed by atoms with Crippen molar-refractivity contribution in [3.05, 3.63) is 112 Å². The lowest BCUT2D eigenvalue weighted by Gasteiger charge is -2.42. The number of imidazole rings is 1. The van der Waals surface area contributed by atoms with Crippen LogP contribution in [-0.4, -0.2) is 81.4 Å². The Hall–Kier alpha value is -5.08. The van der Waals surface area contributed by atoms with Crippen LogP contribution in [0.15, 0.2) is 90.0 Å². The number of hydrogen-bond donors (Lipinski definition) is 4. The number of ether oxygens (including phenoxy) is 4. The molecule has 0 aliphatic carbocycles. The minimum absolute atomic E-state index is 0.00501. The van der Waals surface area contributed by atoms with E-state index < -0.39 is 41.6 Å². The van der Waals surface area contributed by atoms with Gasteiger partial charge in [-0.05, 0) is 41.0 Å². The second kappa shape index (κ2) is 13.8. The molecule has 1 aliphatic heterocycles. The van der Waals surface area contributed by atoms with Crippen LogP contribution in [-0.2, 0) is 19.7 Å². The number of aliphatic hydroxyl groups excluding tert-OH is 2. The number of carbonyl (C=O) groups excluding carboxylic acids is 1. The summed E-state index contributed by atoms with van der Waals surface area (Å²) in [6.07, 6.45) is -4.75. The summed E-state index contributed by atoms with van der Waals surface area (Å²) in [4.78, 5) is 36.6. The van der Waals surface area contributed by atoms with Crippen LogP contribution < -0.4 is 20.3 Å². The second-order valence-corrected chi connectivity index (χ2v) is 12.1. The fourth-order valence-corrected chi connectivity index (χ4v) is 6.52. The smallest absolute Gasteiger partial charge is 0.280 e. The minimum Gasteiger partial charge on any atom is -0.497 e. The normalized spacial score (nSPS) is 20.0. The lowest BCUT2D eigenvalue weighted by Crippen LogP contribution is -2.52. The number of amides is 1. The molecule has 5 atom stereocenters. The molecule has 1 fully saturated rings. The Kier molecular flexibility index (Phi) is 9.52. The van der Waals surface area contributed by atoms with Gasteiger partial charge in [0, 0.05) is 13.0 Å². The summed E-state index contributed by atoms with van der Waals surface area (Å²) in [6, 6.07) is 24.2. The maximum absolute atomic E-state index is 13.0. The Morgan fingerprint density at radius 2 is 1.51 bits per heavy atom. The highest BCUT2D eigenvalue weighted by Gasteiger charge is 2.56. The van der Waals surface area contributed by atoms with Gasteiger partial charge in [0.05, 0.1) is 26.0 Å². The van der Waals surface area contributed by atoms with Crippen molar-refractivity contribution in [1.82, 2.24) is 19.5 Å². The molecule has 256 valence electrons. The van der Waals surface area contributed by atoms with Crippen molar-refractivity contribution in [3.8, 4) is 11.5 Å². The van der Waals surface area contributed by atoms with Gasteiger partial charge in [-0.15, -0.1) is 0 Å². The molecule has 0 bridgehead atoms. The van der Waals surface area contributed by atoms with Gasteiger partial charge in [0.2, 0.25) is 11.9 Å². The van der Waals surface area contributed by atoms with Gasteiger partial charge in [-0.25, -0.2) is 4.98 Å². The number of aromatic nitrogens is 4. The van der Waals surface area contributed by atoms with Crippen molar-refractivity contribution < 1.29 is 34.0 Å². The van der Waals surface area contributed by atoms with Gasteiger partial charge in [-0.2, -0.15) is 4.98 Å². The van der Waals surface area contributed by atoms with Gasteiger partial charge in [0.15, 0.2) is 17.4 Å². The lowest BCUT2D eigenvalue weighted by atomic mass is 9.64. The van der Waals surface area contributed by atoms with Gasteiger partial charge in [-0.3, -0.25) is 24.5 Å². The molecule has 2 aromatic heterocycles. The first kappa shape index (κ1) is 33.8. The van der Waals surface area contributed by atoms with Crippen LogP contribution in [0.3, 0.4) is 0 Å². The summed E-state index contributed by atoms with van der Waals surface area (Å²) in [7, 11) is 4.58. The molecule has 5 aromatic rings. The number of H-pyrrole nitrogens is 1. The van der Waals surface area contributed by atoms with Crippen molar-refractivity contribution in [2.45, 2.75) is 49.9 Å². The Bertz CT molecular complexity index is 1910. The molecule has 6 rings (SSSR count). The molecule has 1 saturated heterocycles.